The standard InChI is InChI=1S/C16H24N4O4S/c1-9(2)12-7-11(13(25-12)19-15(17)22)14(21)24-10-5-3-4-6-20(8-10)16(18)23/h7,9-10H,3-6,8H2,1-2H3,(H2,18,23)(H3,17,19,22). The SMILES string of the molecule is CC(C)c1cc(C(=O)OC2CCCCN(C(N)=O)C2)c(NC(N)=O)s1. The molecule has 2 heterocycles. The van der Waals surface area contributed by atoms with Crippen LogP contribution in [0, 0.1) is 0 Å². The normalized spacial score (nSPS) is 17.9. The average molecular weight is 368 g/mol. The number of hydrogen-bond donors (Lipinski definition) is 3. The van der Waals surface area contributed by atoms with Crippen LogP contribution in [0.4, 0.5) is 14.6 Å². The van der Waals surface area contributed by atoms with Crippen LogP contribution in [0.2, 0.25) is 0 Å². The maximum absolute atomic E-state index is 12.6. The average Bonchev–Trinajstić information content (AvgIpc) is 2.78. The number of thiophene rings is 1. The first-order chi connectivity index (χ1) is 11.8. The zero-order valence-corrected chi connectivity index (χ0v) is 15.2. The highest BCUT2D eigenvalue weighted by atomic mass is 32.1. The highest BCUT2D eigenvalue weighted by molar-refractivity contribution is 7.16. The summed E-state index contributed by atoms with van der Waals surface area (Å²) in [5, 5.41) is 2.85. The number of urea groups is 2. The minimum atomic E-state index is -0.736. The second-order valence-electron chi connectivity index (χ2n) is 6.34. The van der Waals surface area contributed by atoms with E-state index >= 15 is 0 Å². The van der Waals surface area contributed by atoms with Crippen molar-refractivity contribution >= 4 is 34.4 Å². The number of esters is 1. The molecule has 138 valence electrons. The van der Waals surface area contributed by atoms with Crippen LogP contribution in [0.1, 0.15) is 54.3 Å². The number of primary amides is 2. The van der Waals surface area contributed by atoms with Gasteiger partial charge in [-0.3, -0.25) is 5.32 Å². The van der Waals surface area contributed by atoms with Crippen molar-refractivity contribution in [2.24, 2.45) is 11.5 Å². The number of ether oxygens (including phenoxy) is 1. The van der Waals surface area contributed by atoms with E-state index in [-0.39, 0.29) is 18.0 Å². The van der Waals surface area contributed by atoms with Gasteiger partial charge in [0, 0.05) is 11.4 Å². The van der Waals surface area contributed by atoms with E-state index in [1.54, 1.807) is 6.07 Å². The first-order valence-electron chi connectivity index (χ1n) is 8.23. The van der Waals surface area contributed by atoms with Crippen molar-refractivity contribution in [3.05, 3.63) is 16.5 Å². The number of rotatable bonds is 4. The summed E-state index contributed by atoms with van der Waals surface area (Å²) in [5.74, 6) is -0.341. The minimum Gasteiger partial charge on any atom is -0.457 e. The lowest BCUT2D eigenvalue weighted by atomic mass is 10.1. The van der Waals surface area contributed by atoms with Gasteiger partial charge in [-0.25, -0.2) is 14.4 Å². The Morgan fingerprint density at radius 1 is 1.32 bits per heavy atom. The van der Waals surface area contributed by atoms with Crippen LogP contribution in [0.25, 0.3) is 0 Å². The maximum atomic E-state index is 12.6. The lowest BCUT2D eigenvalue weighted by Crippen LogP contribution is -2.41. The van der Waals surface area contributed by atoms with E-state index in [1.165, 1.54) is 16.2 Å². The van der Waals surface area contributed by atoms with Crippen LogP contribution < -0.4 is 16.8 Å². The number of carbonyl (C=O) groups excluding carboxylic acids is 3. The number of nitrogens with two attached hydrogens (primary N) is 2. The molecule has 1 aliphatic heterocycles. The van der Waals surface area contributed by atoms with Gasteiger partial charge in [0.2, 0.25) is 0 Å². The molecular weight excluding hydrogens is 344 g/mol. The number of hydrogen-bond acceptors (Lipinski definition) is 5. The zero-order chi connectivity index (χ0) is 18.6. The smallest absolute Gasteiger partial charge is 0.341 e. The summed E-state index contributed by atoms with van der Waals surface area (Å²) in [6.45, 7) is 4.82. The molecule has 0 saturated carbocycles. The van der Waals surface area contributed by atoms with E-state index in [1.807, 2.05) is 13.8 Å². The Kier molecular flexibility index (Phi) is 6.24. The molecule has 5 N–H and O–H groups in total. The van der Waals surface area contributed by atoms with Crippen molar-refractivity contribution in [2.75, 3.05) is 18.4 Å². The lowest BCUT2D eigenvalue weighted by molar-refractivity contribution is 0.0242. The molecule has 0 spiro atoms. The van der Waals surface area contributed by atoms with E-state index in [0.29, 0.717) is 18.0 Å². The molecule has 0 aliphatic carbocycles. The van der Waals surface area contributed by atoms with Crippen LogP contribution in [-0.2, 0) is 4.74 Å². The van der Waals surface area contributed by atoms with Crippen molar-refractivity contribution < 1.29 is 19.1 Å². The Balaban J connectivity index is 2.16. The molecule has 4 amide bonds. The third-order valence-electron chi connectivity index (χ3n) is 3.99. The zero-order valence-electron chi connectivity index (χ0n) is 14.4. The lowest BCUT2D eigenvalue weighted by Gasteiger charge is -2.22. The van der Waals surface area contributed by atoms with Gasteiger partial charge >= 0.3 is 18.0 Å². The molecule has 1 atom stereocenters. The quantitative estimate of drug-likeness (QED) is 0.705. The van der Waals surface area contributed by atoms with Gasteiger partial charge in [-0.1, -0.05) is 13.8 Å². The molecule has 0 bridgehead atoms. The number of anilines is 1. The summed E-state index contributed by atoms with van der Waals surface area (Å²) in [5.41, 5.74) is 10.8. The second kappa shape index (κ2) is 8.19. The van der Waals surface area contributed by atoms with Crippen LogP contribution in [0.15, 0.2) is 6.07 Å². The first kappa shape index (κ1) is 19.0. The summed E-state index contributed by atoms with van der Waals surface area (Å²) in [6.07, 6.45) is 1.90. The molecule has 1 aromatic heterocycles. The van der Waals surface area contributed by atoms with Crippen molar-refractivity contribution in [3.8, 4) is 0 Å². The molecule has 9 heteroatoms. The van der Waals surface area contributed by atoms with Gasteiger partial charge in [-0.2, -0.15) is 0 Å². The summed E-state index contributed by atoms with van der Waals surface area (Å²) < 4.78 is 5.58. The van der Waals surface area contributed by atoms with Crippen molar-refractivity contribution in [1.29, 1.82) is 0 Å². The predicted molar refractivity (Wildman–Crippen MR) is 95.8 cm³/mol. The molecule has 1 unspecified atom stereocenters. The van der Waals surface area contributed by atoms with Gasteiger partial charge < -0.3 is 21.1 Å². The Morgan fingerprint density at radius 3 is 2.64 bits per heavy atom. The Bertz CT molecular complexity index is 659. The van der Waals surface area contributed by atoms with Crippen LogP contribution in [-0.4, -0.2) is 42.1 Å². The Hall–Kier alpha value is -2.29. The van der Waals surface area contributed by atoms with Gasteiger partial charge in [0.1, 0.15) is 11.1 Å². The van der Waals surface area contributed by atoms with Crippen LogP contribution in [0.5, 0.6) is 0 Å². The molecule has 25 heavy (non-hydrogen) atoms. The summed E-state index contributed by atoms with van der Waals surface area (Å²) in [4.78, 5) is 37.6. The third kappa shape index (κ3) is 5.09. The molecule has 1 fully saturated rings. The maximum Gasteiger partial charge on any atom is 0.341 e. The molecule has 0 aromatic carbocycles. The van der Waals surface area contributed by atoms with Crippen LogP contribution in [0.3, 0.4) is 0 Å². The third-order valence-corrected chi connectivity index (χ3v) is 5.34. The van der Waals surface area contributed by atoms with Gasteiger partial charge in [-0.15, -0.1) is 11.3 Å². The molecule has 0 radical (unpaired) electrons. The molecular formula is C16H24N4O4S. The fourth-order valence-corrected chi connectivity index (χ4v) is 3.72. The second-order valence-corrected chi connectivity index (χ2v) is 7.43. The van der Waals surface area contributed by atoms with Gasteiger partial charge in [0.15, 0.2) is 0 Å². The van der Waals surface area contributed by atoms with E-state index in [2.05, 4.69) is 5.32 Å². The fourth-order valence-electron chi connectivity index (χ4n) is 2.67. The number of nitrogens with one attached hydrogen (secondary N) is 1. The van der Waals surface area contributed by atoms with Crippen LogP contribution >= 0.6 is 11.3 Å². The van der Waals surface area contributed by atoms with E-state index < -0.39 is 24.1 Å². The van der Waals surface area contributed by atoms with Crippen molar-refractivity contribution in [2.45, 2.75) is 45.1 Å². The van der Waals surface area contributed by atoms with Crippen molar-refractivity contribution in [1.82, 2.24) is 4.90 Å². The topological polar surface area (TPSA) is 128 Å². The molecule has 1 aromatic rings. The van der Waals surface area contributed by atoms with Crippen molar-refractivity contribution in [3.63, 3.8) is 0 Å². The highest BCUT2D eigenvalue weighted by Gasteiger charge is 2.26. The first-order valence-corrected chi connectivity index (χ1v) is 9.05. The largest absolute Gasteiger partial charge is 0.457 e. The number of nitrogens with zero attached hydrogens (tertiary/aromatic N) is 1. The summed E-state index contributed by atoms with van der Waals surface area (Å²) in [6, 6.07) is 0.461. The summed E-state index contributed by atoms with van der Waals surface area (Å²) in [7, 11) is 0. The van der Waals surface area contributed by atoms with Gasteiger partial charge in [0.25, 0.3) is 0 Å². The fraction of sp³-hybridized carbons (Fsp3) is 0.562. The Morgan fingerprint density at radius 2 is 2.04 bits per heavy atom. The predicted octanol–water partition coefficient (Wildman–Crippen LogP) is 2.45. The van der Waals surface area contributed by atoms with E-state index in [9.17, 15) is 14.4 Å². The number of carbonyl (C=O) groups is 3. The molecule has 2 rings (SSSR count). The van der Waals surface area contributed by atoms with Gasteiger partial charge in [0.05, 0.1) is 12.1 Å². The minimum absolute atomic E-state index is 0.197. The summed E-state index contributed by atoms with van der Waals surface area (Å²) >= 11 is 1.30. The van der Waals surface area contributed by atoms with Gasteiger partial charge in [-0.05, 0) is 31.2 Å². The number of amides is 4. The van der Waals surface area contributed by atoms with E-state index in [0.717, 1.165) is 17.7 Å². The highest BCUT2D eigenvalue weighted by Crippen LogP contribution is 2.33. The molecule has 1 aliphatic rings. The number of likely N-dealkylation sites (tertiary alicyclic amines) is 1. The Labute approximate surface area is 150 Å². The monoisotopic (exact) mass is 368 g/mol. The van der Waals surface area contributed by atoms with E-state index in [4.69, 9.17) is 16.2 Å². The molecule has 1 saturated heterocycles. The molecule has 8 nitrogen and oxygen atoms in total.